The first kappa shape index (κ1) is 20.4. The molecular formula is C22H21N7OS. The van der Waals surface area contributed by atoms with Gasteiger partial charge in [-0.2, -0.15) is 0 Å². The molecule has 4 aromatic rings. The lowest BCUT2D eigenvalue weighted by Gasteiger charge is -2.05. The Balaban J connectivity index is 1.60. The Kier molecular flexibility index (Phi) is 5.85. The Hall–Kier alpha value is -3.85. The van der Waals surface area contributed by atoms with Crippen molar-refractivity contribution in [3.63, 3.8) is 0 Å². The van der Waals surface area contributed by atoms with Crippen molar-refractivity contribution in [1.29, 1.82) is 0 Å². The van der Waals surface area contributed by atoms with Crippen LogP contribution >= 0.6 is 11.8 Å². The van der Waals surface area contributed by atoms with Gasteiger partial charge in [0.05, 0.1) is 18.4 Å². The molecule has 0 unspecified atom stereocenters. The molecule has 8 nitrogen and oxygen atoms in total. The number of aromatic nitrogens is 3. The van der Waals surface area contributed by atoms with Crippen LogP contribution in [0.2, 0.25) is 0 Å². The average Bonchev–Trinajstić information content (AvgIpc) is 3.28. The van der Waals surface area contributed by atoms with Crippen molar-refractivity contribution in [2.24, 2.45) is 16.5 Å². The van der Waals surface area contributed by atoms with E-state index in [2.05, 4.69) is 20.1 Å². The third-order valence-corrected chi connectivity index (χ3v) is 5.37. The van der Waals surface area contributed by atoms with Crippen LogP contribution in [0.3, 0.4) is 0 Å². The van der Waals surface area contributed by atoms with Crippen LogP contribution in [-0.2, 0) is 6.54 Å². The number of nitrogens with two attached hydrogens (primary N) is 3. The second-order valence-corrected chi connectivity index (χ2v) is 7.61. The fraction of sp³-hybridized carbons (Fsp3) is 0.0909. The molecule has 0 saturated heterocycles. The number of hydrogen-bond donors (Lipinski definition) is 3. The molecule has 2 heterocycles. The maximum absolute atomic E-state index is 6.07. The molecule has 0 atom stereocenters. The lowest BCUT2D eigenvalue weighted by Crippen LogP contribution is -2.22. The summed E-state index contributed by atoms with van der Waals surface area (Å²) in [6.45, 7) is 0.420. The van der Waals surface area contributed by atoms with Crippen molar-refractivity contribution in [2.45, 2.75) is 11.4 Å². The fourth-order valence-electron chi connectivity index (χ4n) is 2.97. The maximum Gasteiger partial charge on any atom is 0.189 e. The lowest BCUT2D eigenvalue weighted by atomic mass is 10.1. The van der Waals surface area contributed by atoms with E-state index in [1.54, 1.807) is 24.0 Å². The Labute approximate surface area is 183 Å². The number of nitrogens with zero attached hydrogens (tertiary/aromatic N) is 4. The van der Waals surface area contributed by atoms with Crippen LogP contribution in [0, 0.1) is 0 Å². The van der Waals surface area contributed by atoms with Gasteiger partial charge in [-0.15, -0.1) is 11.8 Å². The first-order valence-corrected chi connectivity index (χ1v) is 10.6. The third kappa shape index (κ3) is 4.67. The van der Waals surface area contributed by atoms with Gasteiger partial charge in [0, 0.05) is 22.1 Å². The predicted octanol–water partition coefficient (Wildman–Crippen LogP) is 3.54. The van der Waals surface area contributed by atoms with Crippen LogP contribution in [0.15, 0.2) is 75.2 Å². The second kappa shape index (κ2) is 8.88. The topological polar surface area (TPSA) is 142 Å². The van der Waals surface area contributed by atoms with Crippen LogP contribution in [0.5, 0.6) is 0 Å². The number of aliphatic imine (C=N–C) groups is 1. The molecule has 31 heavy (non-hydrogen) atoms. The number of thioether (sulfide) groups is 1. The van der Waals surface area contributed by atoms with Crippen LogP contribution in [0.25, 0.3) is 34.0 Å². The minimum Gasteiger partial charge on any atom is -0.382 e. The molecule has 2 aromatic heterocycles. The lowest BCUT2D eigenvalue weighted by molar-refractivity contribution is 0.434. The molecule has 9 heteroatoms. The van der Waals surface area contributed by atoms with Crippen molar-refractivity contribution < 1.29 is 4.52 Å². The van der Waals surface area contributed by atoms with Gasteiger partial charge >= 0.3 is 0 Å². The first-order chi connectivity index (χ1) is 15.0. The molecule has 0 bridgehead atoms. The zero-order valence-electron chi connectivity index (χ0n) is 16.8. The van der Waals surface area contributed by atoms with Gasteiger partial charge in [0.1, 0.15) is 5.69 Å². The summed E-state index contributed by atoms with van der Waals surface area (Å²) in [5.74, 6) is 0.790. The van der Waals surface area contributed by atoms with Crippen LogP contribution < -0.4 is 17.2 Å². The van der Waals surface area contributed by atoms with Gasteiger partial charge in [-0.3, -0.25) is 0 Å². The van der Waals surface area contributed by atoms with E-state index in [1.807, 2.05) is 54.8 Å². The summed E-state index contributed by atoms with van der Waals surface area (Å²) in [7, 11) is 0. The number of hydrogen-bond acceptors (Lipinski definition) is 7. The highest BCUT2D eigenvalue weighted by atomic mass is 32.2. The smallest absolute Gasteiger partial charge is 0.189 e. The van der Waals surface area contributed by atoms with Crippen molar-refractivity contribution in [1.82, 2.24) is 15.1 Å². The highest BCUT2D eigenvalue weighted by Gasteiger charge is 2.15. The van der Waals surface area contributed by atoms with E-state index < -0.39 is 0 Å². The molecule has 6 N–H and O–H groups in total. The SMILES string of the molecule is CSc1ccc(-c2cnc(N)c(-c3cc(-c4ccc(CN=C(N)N)cc4)no3)n2)cc1. The summed E-state index contributed by atoms with van der Waals surface area (Å²) in [5.41, 5.74) is 21.5. The Bertz CT molecular complexity index is 1210. The second-order valence-electron chi connectivity index (χ2n) is 6.73. The van der Waals surface area contributed by atoms with E-state index in [1.165, 1.54) is 4.90 Å². The van der Waals surface area contributed by atoms with Crippen molar-refractivity contribution >= 4 is 23.5 Å². The summed E-state index contributed by atoms with van der Waals surface area (Å²) in [4.78, 5) is 14.1. The highest BCUT2D eigenvalue weighted by molar-refractivity contribution is 7.98. The van der Waals surface area contributed by atoms with E-state index in [0.29, 0.717) is 29.4 Å². The molecule has 0 aliphatic carbocycles. The summed E-state index contributed by atoms with van der Waals surface area (Å²) in [6, 6.07) is 17.6. The molecule has 0 aliphatic heterocycles. The number of benzene rings is 2. The highest BCUT2D eigenvalue weighted by Crippen LogP contribution is 2.30. The van der Waals surface area contributed by atoms with Gasteiger partial charge in [-0.1, -0.05) is 41.6 Å². The molecule has 0 aliphatic rings. The average molecular weight is 432 g/mol. The van der Waals surface area contributed by atoms with E-state index in [9.17, 15) is 0 Å². The molecule has 156 valence electrons. The van der Waals surface area contributed by atoms with Gasteiger partial charge in [0.2, 0.25) is 0 Å². The molecule has 0 saturated carbocycles. The summed E-state index contributed by atoms with van der Waals surface area (Å²) < 4.78 is 5.53. The van der Waals surface area contributed by atoms with Crippen LogP contribution in [-0.4, -0.2) is 27.3 Å². The van der Waals surface area contributed by atoms with Crippen LogP contribution in [0.1, 0.15) is 5.56 Å². The van der Waals surface area contributed by atoms with E-state index in [-0.39, 0.29) is 11.8 Å². The maximum atomic E-state index is 6.07. The minimum atomic E-state index is 0.0614. The Morgan fingerprint density at radius 2 is 1.68 bits per heavy atom. The third-order valence-electron chi connectivity index (χ3n) is 4.62. The van der Waals surface area contributed by atoms with Gasteiger partial charge < -0.3 is 21.7 Å². The van der Waals surface area contributed by atoms with Crippen molar-refractivity contribution in [2.75, 3.05) is 12.0 Å². The van der Waals surface area contributed by atoms with Gasteiger partial charge in [0.25, 0.3) is 0 Å². The van der Waals surface area contributed by atoms with Gasteiger partial charge in [-0.05, 0) is 24.0 Å². The molecule has 0 amide bonds. The normalized spacial score (nSPS) is 10.7. The summed E-state index contributed by atoms with van der Waals surface area (Å²) in [5, 5.41) is 4.16. The predicted molar refractivity (Wildman–Crippen MR) is 124 cm³/mol. The van der Waals surface area contributed by atoms with E-state index >= 15 is 0 Å². The standard InChI is InChI=1S/C22H21N7OS/c1-31-16-8-6-15(7-9-16)18-12-26-21(23)20(28-18)19-10-17(29-30-19)14-4-2-13(3-5-14)11-27-22(24)25/h2-10,12H,11H2,1H3,(H2,23,26)(H4,24,25,27). The minimum absolute atomic E-state index is 0.0614. The molecule has 0 fully saturated rings. The fourth-order valence-corrected chi connectivity index (χ4v) is 3.38. The molecule has 4 rings (SSSR count). The van der Waals surface area contributed by atoms with Gasteiger partial charge in [-0.25, -0.2) is 15.0 Å². The zero-order chi connectivity index (χ0) is 21.8. The molecular weight excluding hydrogens is 410 g/mol. The van der Waals surface area contributed by atoms with Crippen molar-refractivity contribution in [3.05, 3.63) is 66.4 Å². The Morgan fingerprint density at radius 1 is 1.00 bits per heavy atom. The quantitative estimate of drug-likeness (QED) is 0.239. The van der Waals surface area contributed by atoms with E-state index in [4.69, 9.17) is 21.7 Å². The van der Waals surface area contributed by atoms with Crippen LogP contribution in [0.4, 0.5) is 5.82 Å². The molecule has 2 aromatic carbocycles. The van der Waals surface area contributed by atoms with E-state index in [0.717, 1.165) is 16.7 Å². The zero-order valence-corrected chi connectivity index (χ0v) is 17.6. The monoisotopic (exact) mass is 431 g/mol. The number of nitrogen functional groups attached to an aromatic ring is 1. The number of anilines is 1. The molecule has 0 radical (unpaired) electrons. The Morgan fingerprint density at radius 3 is 2.35 bits per heavy atom. The molecule has 0 spiro atoms. The summed E-state index contributed by atoms with van der Waals surface area (Å²) >= 11 is 1.68. The largest absolute Gasteiger partial charge is 0.382 e. The van der Waals surface area contributed by atoms with Gasteiger partial charge in [0.15, 0.2) is 23.2 Å². The summed E-state index contributed by atoms with van der Waals surface area (Å²) in [6.07, 6.45) is 3.69. The first-order valence-electron chi connectivity index (χ1n) is 9.42. The number of rotatable bonds is 6. The van der Waals surface area contributed by atoms with Crippen molar-refractivity contribution in [3.8, 4) is 34.0 Å². The number of guanidine groups is 1.